The van der Waals surface area contributed by atoms with Gasteiger partial charge in [0.05, 0.1) is 24.0 Å². The molecule has 6 heteroatoms. The summed E-state index contributed by atoms with van der Waals surface area (Å²) in [5.41, 5.74) is 0.972. The largest absolute Gasteiger partial charge is 0.275 e. The number of carbonyl (C=O) groups is 1. The molecule has 0 saturated carbocycles. The highest BCUT2D eigenvalue weighted by Crippen LogP contribution is 2.14. The Balaban J connectivity index is 2.26. The number of aromatic nitrogens is 2. The van der Waals surface area contributed by atoms with Crippen molar-refractivity contribution in [2.24, 2.45) is 0 Å². The second kappa shape index (κ2) is 6.50. The van der Waals surface area contributed by atoms with E-state index in [1.165, 1.54) is 17.3 Å². The highest BCUT2D eigenvalue weighted by Gasteiger charge is 2.17. The first kappa shape index (κ1) is 13.8. The van der Waals surface area contributed by atoms with Crippen molar-refractivity contribution < 1.29 is 4.79 Å². The molecule has 0 fully saturated rings. The van der Waals surface area contributed by atoms with E-state index in [0.717, 1.165) is 5.56 Å². The first-order valence-electron chi connectivity index (χ1n) is 5.58. The van der Waals surface area contributed by atoms with Crippen LogP contribution in [0.15, 0.2) is 42.7 Å². The Morgan fingerprint density at radius 2 is 1.79 bits per heavy atom. The van der Waals surface area contributed by atoms with Gasteiger partial charge in [0.1, 0.15) is 5.88 Å². The molecule has 98 valence electrons. The fourth-order valence-corrected chi connectivity index (χ4v) is 1.80. The standard InChI is InChI=1S/C13H11Cl2N3O/c14-6-12(19)18(9-10-4-2-1-3-5-10)13-16-7-11(15)8-17-13/h1-5,7-8H,6,9H2. The number of hydrogen-bond donors (Lipinski definition) is 0. The van der Waals surface area contributed by atoms with Crippen LogP contribution in [0.1, 0.15) is 5.56 Å². The lowest BCUT2D eigenvalue weighted by Crippen LogP contribution is -2.32. The van der Waals surface area contributed by atoms with Gasteiger partial charge < -0.3 is 0 Å². The summed E-state index contributed by atoms with van der Waals surface area (Å²) in [5.74, 6) is -0.0921. The van der Waals surface area contributed by atoms with Crippen molar-refractivity contribution in [3.8, 4) is 0 Å². The van der Waals surface area contributed by atoms with Gasteiger partial charge in [0.15, 0.2) is 0 Å². The van der Waals surface area contributed by atoms with Crippen molar-refractivity contribution in [3.63, 3.8) is 0 Å². The molecule has 0 aliphatic heterocycles. The van der Waals surface area contributed by atoms with Crippen molar-refractivity contribution in [3.05, 3.63) is 53.3 Å². The van der Waals surface area contributed by atoms with Gasteiger partial charge in [0.2, 0.25) is 11.9 Å². The van der Waals surface area contributed by atoms with Crippen LogP contribution in [-0.4, -0.2) is 21.8 Å². The Bertz CT molecular complexity index is 546. The van der Waals surface area contributed by atoms with Crippen molar-refractivity contribution in [1.29, 1.82) is 0 Å². The zero-order chi connectivity index (χ0) is 13.7. The van der Waals surface area contributed by atoms with Gasteiger partial charge in [-0.15, -0.1) is 11.6 Å². The van der Waals surface area contributed by atoms with Gasteiger partial charge in [-0.3, -0.25) is 9.69 Å². The van der Waals surface area contributed by atoms with E-state index in [9.17, 15) is 4.79 Å². The normalized spacial score (nSPS) is 10.2. The maximum atomic E-state index is 11.9. The highest BCUT2D eigenvalue weighted by molar-refractivity contribution is 6.30. The van der Waals surface area contributed by atoms with E-state index in [0.29, 0.717) is 17.5 Å². The molecule has 19 heavy (non-hydrogen) atoms. The lowest BCUT2D eigenvalue weighted by Gasteiger charge is -2.19. The summed E-state index contributed by atoms with van der Waals surface area (Å²) in [7, 11) is 0. The van der Waals surface area contributed by atoms with E-state index in [4.69, 9.17) is 23.2 Å². The maximum Gasteiger partial charge on any atom is 0.244 e. The molecule has 0 saturated heterocycles. The van der Waals surface area contributed by atoms with E-state index in [1.54, 1.807) is 0 Å². The fourth-order valence-electron chi connectivity index (χ4n) is 1.55. The summed E-state index contributed by atoms with van der Waals surface area (Å²) in [5, 5.41) is 0.418. The predicted octanol–water partition coefficient (Wildman–Crippen LogP) is 2.90. The van der Waals surface area contributed by atoms with E-state index in [2.05, 4.69) is 9.97 Å². The summed E-state index contributed by atoms with van der Waals surface area (Å²) in [6.45, 7) is 0.369. The van der Waals surface area contributed by atoms with Crippen LogP contribution in [0.5, 0.6) is 0 Å². The molecule has 2 rings (SSSR count). The van der Waals surface area contributed by atoms with E-state index >= 15 is 0 Å². The number of hydrogen-bond acceptors (Lipinski definition) is 3. The van der Waals surface area contributed by atoms with E-state index in [-0.39, 0.29) is 11.8 Å². The van der Waals surface area contributed by atoms with Crippen LogP contribution in [0.25, 0.3) is 0 Å². The zero-order valence-corrected chi connectivity index (χ0v) is 11.5. The van der Waals surface area contributed by atoms with Crippen molar-refractivity contribution >= 4 is 35.1 Å². The van der Waals surface area contributed by atoms with E-state index < -0.39 is 0 Å². The minimum atomic E-state index is -0.257. The molecule has 2 aromatic rings. The minimum absolute atomic E-state index is 0.126. The topological polar surface area (TPSA) is 46.1 Å². The fraction of sp³-hybridized carbons (Fsp3) is 0.154. The van der Waals surface area contributed by atoms with Gasteiger partial charge in [-0.1, -0.05) is 41.9 Å². The lowest BCUT2D eigenvalue weighted by molar-refractivity contribution is -0.116. The monoisotopic (exact) mass is 295 g/mol. The van der Waals surface area contributed by atoms with Gasteiger partial charge in [0, 0.05) is 0 Å². The summed E-state index contributed by atoms with van der Waals surface area (Å²) < 4.78 is 0. The number of benzene rings is 1. The third-order valence-corrected chi connectivity index (χ3v) is 2.87. The Morgan fingerprint density at radius 3 is 2.37 bits per heavy atom. The van der Waals surface area contributed by atoms with Gasteiger partial charge >= 0.3 is 0 Å². The highest BCUT2D eigenvalue weighted by atomic mass is 35.5. The Morgan fingerprint density at radius 1 is 1.16 bits per heavy atom. The minimum Gasteiger partial charge on any atom is -0.275 e. The van der Waals surface area contributed by atoms with Gasteiger partial charge in [0.25, 0.3) is 0 Å². The van der Waals surface area contributed by atoms with Crippen LogP contribution in [0.3, 0.4) is 0 Å². The molecule has 1 amide bonds. The average Bonchev–Trinajstić information content (AvgIpc) is 2.46. The third kappa shape index (κ3) is 3.66. The van der Waals surface area contributed by atoms with E-state index in [1.807, 2.05) is 30.3 Å². The van der Waals surface area contributed by atoms with Gasteiger partial charge in [-0.2, -0.15) is 0 Å². The molecule has 0 aliphatic carbocycles. The molecule has 1 aromatic carbocycles. The van der Waals surface area contributed by atoms with Crippen LogP contribution >= 0.6 is 23.2 Å². The molecule has 0 atom stereocenters. The van der Waals surface area contributed by atoms with Gasteiger partial charge in [-0.25, -0.2) is 9.97 Å². The number of nitrogens with zero attached hydrogens (tertiary/aromatic N) is 3. The summed E-state index contributed by atoms with van der Waals surface area (Å²) >= 11 is 11.4. The number of carbonyl (C=O) groups excluding carboxylic acids is 1. The number of halogens is 2. The molecule has 0 aliphatic rings. The number of rotatable bonds is 4. The molecule has 0 N–H and O–H groups in total. The first-order chi connectivity index (χ1) is 9.20. The third-order valence-electron chi connectivity index (χ3n) is 2.45. The number of amides is 1. The molecule has 1 aromatic heterocycles. The Kier molecular flexibility index (Phi) is 4.71. The van der Waals surface area contributed by atoms with Crippen LogP contribution < -0.4 is 4.90 Å². The Hall–Kier alpha value is -1.65. The SMILES string of the molecule is O=C(CCl)N(Cc1ccccc1)c1ncc(Cl)cn1. The predicted molar refractivity (Wildman–Crippen MR) is 75.4 cm³/mol. The van der Waals surface area contributed by atoms with Crippen molar-refractivity contribution in [1.82, 2.24) is 9.97 Å². The van der Waals surface area contributed by atoms with Crippen molar-refractivity contribution in [2.45, 2.75) is 6.54 Å². The smallest absolute Gasteiger partial charge is 0.244 e. The first-order valence-corrected chi connectivity index (χ1v) is 6.50. The van der Waals surface area contributed by atoms with Gasteiger partial charge in [-0.05, 0) is 5.56 Å². The van der Waals surface area contributed by atoms with Crippen molar-refractivity contribution in [2.75, 3.05) is 10.8 Å². The molecule has 1 heterocycles. The number of alkyl halides is 1. The van der Waals surface area contributed by atoms with Crippen LogP contribution in [0.2, 0.25) is 5.02 Å². The number of anilines is 1. The summed E-state index contributed by atoms with van der Waals surface area (Å²) in [6, 6.07) is 9.56. The summed E-state index contributed by atoms with van der Waals surface area (Å²) in [4.78, 5) is 21.4. The molecule has 0 bridgehead atoms. The average molecular weight is 296 g/mol. The molecule has 0 radical (unpaired) electrons. The molecular weight excluding hydrogens is 285 g/mol. The molecular formula is C13H11Cl2N3O. The van der Waals surface area contributed by atoms with Crippen LogP contribution in [0.4, 0.5) is 5.95 Å². The molecule has 0 unspecified atom stereocenters. The molecule has 0 spiro atoms. The quantitative estimate of drug-likeness (QED) is 0.815. The second-order valence-corrected chi connectivity index (χ2v) is 4.50. The zero-order valence-electron chi connectivity index (χ0n) is 9.96. The summed E-state index contributed by atoms with van der Waals surface area (Å²) in [6.07, 6.45) is 2.90. The maximum absolute atomic E-state index is 11.9. The Labute approximate surface area is 121 Å². The second-order valence-electron chi connectivity index (χ2n) is 3.80. The van der Waals surface area contributed by atoms with Crippen LogP contribution in [-0.2, 0) is 11.3 Å². The lowest BCUT2D eigenvalue weighted by atomic mass is 10.2. The molecule has 4 nitrogen and oxygen atoms in total. The van der Waals surface area contributed by atoms with Crippen LogP contribution in [0, 0.1) is 0 Å².